The van der Waals surface area contributed by atoms with Crippen LogP contribution >= 0.6 is 0 Å². The number of hydrogen-bond donors (Lipinski definition) is 2. The van der Waals surface area contributed by atoms with E-state index in [1.807, 2.05) is 0 Å². The molecule has 0 unspecified atom stereocenters. The Kier molecular flexibility index (Phi) is 2.47. The van der Waals surface area contributed by atoms with E-state index in [9.17, 15) is 4.79 Å². The molecule has 0 aliphatic heterocycles. The van der Waals surface area contributed by atoms with Crippen LogP contribution in [0.25, 0.3) is 0 Å². The molecule has 0 amide bonds. The van der Waals surface area contributed by atoms with E-state index in [4.69, 9.17) is 10.8 Å². The highest BCUT2D eigenvalue weighted by molar-refractivity contribution is 6.09. The molecule has 1 saturated carbocycles. The Morgan fingerprint density at radius 3 is 2.58 bits per heavy atom. The first-order chi connectivity index (χ1) is 5.66. The molecule has 12 heavy (non-hydrogen) atoms. The monoisotopic (exact) mass is 168 g/mol. The summed E-state index contributed by atoms with van der Waals surface area (Å²) in [5, 5.41) is 8.72. The molecule has 3 N–H and O–H groups in total. The second kappa shape index (κ2) is 3.38. The number of nitrogens with zero attached hydrogens (tertiary/aromatic N) is 1. The summed E-state index contributed by atoms with van der Waals surface area (Å²) in [6, 6.07) is 0. The molecule has 0 bridgehead atoms. The van der Waals surface area contributed by atoms with Crippen LogP contribution in [0.2, 0.25) is 0 Å². The van der Waals surface area contributed by atoms with Crippen molar-refractivity contribution >= 4 is 12.2 Å². The van der Waals surface area contributed by atoms with Crippen LogP contribution in [0.15, 0.2) is 16.3 Å². The third kappa shape index (κ3) is 1.84. The molecule has 66 valence electrons. The Morgan fingerprint density at radius 2 is 2.25 bits per heavy atom. The Hall–Kier alpha value is -1.32. The second-order valence-electron chi connectivity index (χ2n) is 2.84. The molecule has 1 aliphatic carbocycles. The molecule has 1 aliphatic rings. The number of allylic oxidation sites excluding steroid dienone is 1. The molecule has 4 heteroatoms. The van der Waals surface area contributed by atoms with Gasteiger partial charge in [0, 0.05) is 19.0 Å². The Bertz CT molecular complexity index is 252. The highest BCUT2D eigenvalue weighted by Gasteiger charge is 2.27. The van der Waals surface area contributed by atoms with E-state index in [1.54, 1.807) is 0 Å². The van der Waals surface area contributed by atoms with Crippen molar-refractivity contribution in [1.82, 2.24) is 0 Å². The smallest absolute Gasteiger partial charge is 0.339 e. The Morgan fingerprint density at radius 1 is 1.67 bits per heavy atom. The van der Waals surface area contributed by atoms with Crippen molar-refractivity contribution in [2.24, 2.45) is 16.6 Å². The van der Waals surface area contributed by atoms with Crippen LogP contribution in [-0.2, 0) is 4.79 Å². The third-order valence-corrected chi connectivity index (χ3v) is 1.82. The number of aliphatic imine (C=N–C) groups is 1. The molecule has 0 aromatic carbocycles. The summed E-state index contributed by atoms with van der Waals surface area (Å²) in [7, 11) is 1.53. The van der Waals surface area contributed by atoms with Gasteiger partial charge >= 0.3 is 5.97 Å². The average Bonchev–Trinajstić information content (AvgIpc) is 2.80. The standard InChI is InChI=1S/C8H12N2O2/c1-10-4-6(8(11)12)7(9)5-2-3-5/h4-5H,2-3,9H2,1H3,(H,11,12). The summed E-state index contributed by atoms with van der Waals surface area (Å²) in [5.74, 6) is -0.723. The molecule has 0 atom stereocenters. The van der Waals surface area contributed by atoms with Gasteiger partial charge in [0.2, 0.25) is 0 Å². The molecule has 0 heterocycles. The van der Waals surface area contributed by atoms with Crippen molar-refractivity contribution in [3.8, 4) is 0 Å². The highest BCUT2D eigenvalue weighted by Crippen LogP contribution is 2.34. The van der Waals surface area contributed by atoms with E-state index >= 15 is 0 Å². The van der Waals surface area contributed by atoms with Gasteiger partial charge in [0.25, 0.3) is 0 Å². The first-order valence-corrected chi connectivity index (χ1v) is 3.82. The fraction of sp³-hybridized carbons (Fsp3) is 0.500. The van der Waals surface area contributed by atoms with Crippen molar-refractivity contribution in [2.75, 3.05) is 7.05 Å². The lowest BCUT2D eigenvalue weighted by atomic mass is 10.1. The zero-order valence-electron chi connectivity index (χ0n) is 6.95. The SMILES string of the molecule is CN=CC(C(=O)O)=C(N)C1CC1. The Labute approximate surface area is 70.8 Å². The summed E-state index contributed by atoms with van der Waals surface area (Å²) in [6.45, 7) is 0. The topological polar surface area (TPSA) is 75.7 Å². The highest BCUT2D eigenvalue weighted by atomic mass is 16.4. The normalized spacial score (nSPS) is 19.4. The summed E-state index contributed by atoms with van der Waals surface area (Å²) in [4.78, 5) is 14.3. The van der Waals surface area contributed by atoms with Gasteiger partial charge in [-0.3, -0.25) is 4.99 Å². The van der Waals surface area contributed by atoms with E-state index in [2.05, 4.69) is 4.99 Å². The maximum Gasteiger partial charge on any atom is 0.339 e. The molecule has 0 radical (unpaired) electrons. The van der Waals surface area contributed by atoms with Crippen LogP contribution in [0.4, 0.5) is 0 Å². The summed E-state index contributed by atoms with van der Waals surface area (Å²) in [6.07, 6.45) is 3.30. The van der Waals surface area contributed by atoms with E-state index < -0.39 is 5.97 Å². The van der Waals surface area contributed by atoms with Crippen LogP contribution < -0.4 is 5.73 Å². The fourth-order valence-corrected chi connectivity index (χ4v) is 0.997. The number of aliphatic carboxylic acids is 1. The lowest BCUT2D eigenvalue weighted by Gasteiger charge is -2.00. The summed E-state index contributed by atoms with van der Waals surface area (Å²) < 4.78 is 0. The van der Waals surface area contributed by atoms with E-state index in [0.717, 1.165) is 12.8 Å². The van der Waals surface area contributed by atoms with Gasteiger partial charge in [0.1, 0.15) is 0 Å². The maximum absolute atomic E-state index is 10.6. The molecule has 1 fully saturated rings. The van der Waals surface area contributed by atoms with E-state index in [1.165, 1.54) is 13.3 Å². The van der Waals surface area contributed by atoms with Crippen molar-refractivity contribution < 1.29 is 9.90 Å². The predicted molar refractivity (Wildman–Crippen MR) is 46.0 cm³/mol. The molecule has 0 saturated heterocycles. The minimum atomic E-state index is -0.995. The lowest BCUT2D eigenvalue weighted by Crippen LogP contribution is -2.13. The lowest BCUT2D eigenvalue weighted by molar-refractivity contribution is -0.132. The van der Waals surface area contributed by atoms with Crippen LogP contribution in [0.5, 0.6) is 0 Å². The first-order valence-electron chi connectivity index (χ1n) is 3.82. The number of nitrogens with two attached hydrogens (primary N) is 1. The fourth-order valence-electron chi connectivity index (χ4n) is 0.997. The van der Waals surface area contributed by atoms with Gasteiger partial charge in [-0.1, -0.05) is 0 Å². The van der Waals surface area contributed by atoms with E-state index in [0.29, 0.717) is 5.70 Å². The zero-order chi connectivity index (χ0) is 9.14. The second-order valence-corrected chi connectivity index (χ2v) is 2.84. The zero-order valence-corrected chi connectivity index (χ0v) is 6.95. The molecule has 1 rings (SSSR count). The van der Waals surface area contributed by atoms with Crippen LogP contribution in [-0.4, -0.2) is 24.3 Å². The van der Waals surface area contributed by atoms with E-state index in [-0.39, 0.29) is 11.5 Å². The number of carbonyl (C=O) groups is 1. The van der Waals surface area contributed by atoms with Crippen LogP contribution in [0.3, 0.4) is 0 Å². The van der Waals surface area contributed by atoms with Gasteiger partial charge in [-0.15, -0.1) is 0 Å². The summed E-state index contributed by atoms with van der Waals surface area (Å²) >= 11 is 0. The molecular formula is C8H12N2O2. The predicted octanol–water partition coefficient (Wildman–Crippen LogP) is 0.394. The number of hydrogen-bond acceptors (Lipinski definition) is 3. The van der Waals surface area contributed by atoms with Gasteiger partial charge in [0.15, 0.2) is 0 Å². The number of carboxylic acids is 1. The molecule has 4 nitrogen and oxygen atoms in total. The molecule has 0 aromatic heterocycles. The van der Waals surface area contributed by atoms with Crippen molar-refractivity contribution in [3.63, 3.8) is 0 Å². The molecular weight excluding hydrogens is 156 g/mol. The van der Waals surface area contributed by atoms with Gasteiger partial charge in [-0.25, -0.2) is 4.79 Å². The molecule has 0 aromatic rings. The van der Waals surface area contributed by atoms with Gasteiger partial charge in [0.05, 0.1) is 5.57 Å². The first kappa shape index (κ1) is 8.77. The van der Waals surface area contributed by atoms with Crippen molar-refractivity contribution in [1.29, 1.82) is 0 Å². The third-order valence-electron chi connectivity index (χ3n) is 1.82. The van der Waals surface area contributed by atoms with Crippen molar-refractivity contribution in [3.05, 3.63) is 11.3 Å². The van der Waals surface area contributed by atoms with Crippen LogP contribution in [0, 0.1) is 5.92 Å². The average molecular weight is 168 g/mol. The number of rotatable bonds is 3. The van der Waals surface area contributed by atoms with Crippen molar-refractivity contribution in [2.45, 2.75) is 12.8 Å². The minimum absolute atomic E-state index is 0.139. The van der Waals surface area contributed by atoms with Gasteiger partial charge < -0.3 is 10.8 Å². The molecule has 0 spiro atoms. The summed E-state index contributed by atoms with van der Waals surface area (Å²) in [5.41, 5.74) is 6.22. The maximum atomic E-state index is 10.6. The quantitative estimate of drug-likeness (QED) is 0.473. The number of carboxylic acid groups (broad SMARTS) is 1. The largest absolute Gasteiger partial charge is 0.478 e. The van der Waals surface area contributed by atoms with Gasteiger partial charge in [-0.2, -0.15) is 0 Å². The van der Waals surface area contributed by atoms with Crippen LogP contribution in [0.1, 0.15) is 12.8 Å². The van der Waals surface area contributed by atoms with Gasteiger partial charge in [-0.05, 0) is 18.8 Å². The Balaban J connectivity index is 2.87. The minimum Gasteiger partial charge on any atom is -0.478 e.